The standard InChI is InChI=1S/C25H49N2/c1-4-7-10-12-13-14-16-19-22-27-24-23-26(21-18-15-11-8-5-2)25(27)20-17-9-6-3/h23-24H,4-22H2,1-3H3/q+1. The Kier molecular flexibility index (Phi) is 15.6. The zero-order valence-corrected chi connectivity index (χ0v) is 19.0. The van der Waals surface area contributed by atoms with Crippen LogP contribution in [0.25, 0.3) is 0 Å². The van der Waals surface area contributed by atoms with Crippen molar-refractivity contribution in [1.29, 1.82) is 0 Å². The molecule has 0 saturated heterocycles. The molecule has 27 heavy (non-hydrogen) atoms. The second-order valence-electron chi connectivity index (χ2n) is 8.45. The summed E-state index contributed by atoms with van der Waals surface area (Å²) < 4.78 is 5.13. The van der Waals surface area contributed by atoms with E-state index in [1.54, 1.807) is 5.82 Å². The lowest BCUT2D eigenvalue weighted by Gasteiger charge is -2.06. The third kappa shape index (κ3) is 11.6. The van der Waals surface area contributed by atoms with Crippen molar-refractivity contribution < 1.29 is 4.57 Å². The molecule has 2 nitrogen and oxygen atoms in total. The average Bonchev–Trinajstić information content (AvgIpc) is 3.06. The lowest BCUT2D eigenvalue weighted by Crippen LogP contribution is -2.37. The van der Waals surface area contributed by atoms with Gasteiger partial charge in [-0.25, -0.2) is 9.13 Å². The van der Waals surface area contributed by atoms with E-state index >= 15 is 0 Å². The number of imidazole rings is 1. The quantitative estimate of drug-likeness (QED) is 0.173. The largest absolute Gasteiger partial charge is 0.256 e. The van der Waals surface area contributed by atoms with Crippen molar-refractivity contribution in [1.82, 2.24) is 4.57 Å². The molecular formula is C25H49N2+. The molecule has 1 aromatic rings. The topological polar surface area (TPSA) is 8.81 Å². The highest BCUT2D eigenvalue weighted by molar-refractivity contribution is 4.84. The Balaban J connectivity index is 2.37. The summed E-state index contributed by atoms with van der Waals surface area (Å²) in [6.07, 6.45) is 28.1. The van der Waals surface area contributed by atoms with E-state index in [-0.39, 0.29) is 0 Å². The predicted octanol–water partition coefficient (Wildman–Crippen LogP) is 7.62. The van der Waals surface area contributed by atoms with Crippen LogP contribution in [0.3, 0.4) is 0 Å². The van der Waals surface area contributed by atoms with Crippen LogP contribution in [0.2, 0.25) is 0 Å². The zero-order chi connectivity index (χ0) is 19.6. The van der Waals surface area contributed by atoms with Crippen molar-refractivity contribution in [2.24, 2.45) is 0 Å². The van der Waals surface area contributed by atoms with Crippen LogP contribution in [0.4, 0.5) is 0 Å². The molecule has 0 aliphatic carbocycles. The highest BCUT2D eigenvalue weighted by Gasteiger charge is 2.16. The molecule has 1 aromatic heterocycles. The highest BCUT2D eigenvalue weighted by Crippen LogP contribution is 2.11. The van der Waals surface area contributed by atoms with Crippen LogP contribution in [-0.2, 0) is 19.5 Å². The number of aryl methyl sites for hydroxylation is 2. The van der Waals surface area contributed by atoms with Gasteiger partial charge in [0.15, 0.2) is 0 Å². The third-order valence-corrected chi connectivity index (χ3v) is 5.85. The van der Waals surface area contributed by atoms with Crippen molar-refractivity contribution >= 4 is 0 Å². The summed E-state index contributed by atoms with van der Waals surface area (Å²) >= 11 is 0. The van der Waals surface area contributed by atoms with Gasteiger partial charge < -0.3 is 0 Å². The van der Waals surface area contributed by atoms with Crippen LogP contribution in [0.5, 0.6) is 0 Å². The predicted molar refractivity (Wildman–Crippen MR) is 119 cm³/mol. The molecule has 1 rings (SSSR count). The smallest absolute Gasteiger partial charge is 0.234 e. The van der Waals surface area contributed by atoms with E-state index < -0.39 is 0 Å². The van der Waals surface area contributed by atoms with Crippen molar-refractivity contribution in [3.05, 3.63) is 18.2 Å². The Morgan fingerprint density at radius 2 is 1.15 bits per heavy atom. The molecule has 158 valence electrons. The van der Waals surface area contributed by atoms with Gasteiger partial charge in [-0.3, -0.25) is 0 Å². The summed E-state index contributed by atoms with van der Waals surface area (Å²) in [5.74, 6) is 1.59. The minimum atomic E-state index is 1.22. The molecular weight excluding hydrogens is 328 g/mol. The van der Waals surface area contributed by atoms with Gasteiger partial charge >= 0.3 is 0 Å². The van der Waals surface area contributed by atoms with Crippen LogP contribution in [0, 0.1) is 0 Å². The average molecular weight is 378 g/mol. The van der Waals surface area contributed by atoms with Crippen LogP contribution in [0.15, 0.2) is 12.4 Å². The summed E-state index contributed by atoms with van der Waals surface area (Å²) in [7, 11) is 0. The van der Waals surface area contributed by atoms with Gasteiger partial charge in [-0.2, -0.15) is 0 Å². The Labute approximate surface area is 170 Å². The van der Waals surface area contributed by atoms with E-state index in [4.69, 9.17) is 0 Å². The van der Waals surface area contributed by atoms with Crippen molar-refractivity contribution in [3.8, 4) is 0 Å². The summed E-state index contributed by atoms with van der Waals surface area (Å²) in [6, 6.07) is 0. The minimum Gasteiger partial charge on any atom is -0.234 e. The highest BCUT2D eigenvalue weighted by atomic mass is 15.1. The van der Waals surface area contributed by atoms with Gasteiger partial charge in [-0.05, 0) is 32.1 Å². The zero-order valence-electron chi connectivity index (χ0n) is 19.0. The van der Waals surface area contributed by atoms with Gasteiger partial charge in [0.2, 0.25) is 0 Å². The van der Waals surface area contributed by atoms with E-state index in [1.807, 2.05) is 0 Å². The monoisotopic (exact) mass is 377 g/mol. The molecule has 0 radical (unpaired) electrons. The van der Waals surface area contributed by atoms with Gasteiger partial charge in [-0.1, -0.05) is 91.4 Å². The minimum absolute atomic E-state index is 1.22. The molecule has 0 unspecified atom stereocenters. The number of rotatable bonds is 19. The van der Waals surface area contributed by atoms with Gasteiger partial charge in [0.05, 0.1) is 13.1 Å². The second kappa shape index (κ2) is 17.3. The SMILES string of the molecule is CCCCCCCCCC[n+]1ccn(CCCCCCC)c1CCCCC. The second-order valence-corrected chi connectivity index (χ2v) is 8.45. The van der Waals surface area contributed by atoms with Crippen molar-refractivity contribution in [2.45, 2.75) is 143 Å². The first-order chi connectivity index (χ1) is 13.3. The molecule has 1 heterocycles. The lowest BCUT2D eigenvalue weighted by atomic mass is 10.1. The van der Waals surface area contributed by atoms with Crippen LogP contribution in [0.1, 0.15) is 129 Å². The molecule has 0 atom stereocenters. The van der Waals surface area contributed by atoms with Gasteiger partial charge in [-0.15, -0.1) is 0 Å². The normalized spacial score (nSPS) is 11.4. The number of hydrogen-bond donors (Lipinski definition) is 0. The maximum Gasteiger partial charge on any atom is 0.256 e. The van der Waals surface area contributed by atoms with Crippen molar-refractivity contribution in [2.75, 3.05) is 0 Å². The van der Waals surface area contributed by atoms with E-state index in [2.05, 4.69) is 42.3 Å². The summed E-state index contributed by atoms with van der Waals surface area (Å²) in [5.41, 5.74) is 0. The molecule has 0 bridgehead atoms. The number of aromatic nitrogens is 2. The molecule has 0 saturated carbocycles. The Morgan fingerprint density at radius 3 is 1.78 bits per heavy atom. The molecule has 0 aliphatic rings. The summed E-state index contributed by atoms with van der Waals surface area (Å²) in [6.45, 7) is 9.34. The molecule has 0 fully saturated rings. The van der Waals surface area contributed by atoms with E-state index in [0.29, 0.717) is 0 Å². The number of nitrogens with zero attached hydrogens (tertiary/aromatic N) is 2. The molecule has 2 heteroatoms. The maximum atomic E-state index is 2.57. The number of hydrogen-bond acceptors (Lipinski definition) is 0. The molecule has 0 amide bonds. The number of unbranched alkanes of at least 4 members (excludes halogenated alkanes) is 13. The van der Waals surface area contributed by atoms with E-state index in [1.165, 1.54) is 122 Å². The van der Waals surface area contributed by atoms with Crippen LogP contribution < -0.4 is 4.57 Å². The van der Waals surface area contributed by atoms with Gasteiger partial charge in [0, 0.05) is 6.42 Å². The fourth-order valence-corrected chi connectivity index (χ4v) is 4.03. The lowest BCUT2D eigenvalue weighted by molar-refractivity contribution is -0.704. The maximum absolute atomic E-state index is 2.57. The van der Waals surface area contributed by atoms with E-state index in [0.717, 1.165) is 0 Å². The Hall–Kier alpha value is -0.790. The van der Waals surface area contributed by atoms with Gasteiger partial charge in [0.25, 0.3) is 5.82 Å². The first-order valence-electron chi connectivity index (χ1n) is 12.4. The fourth-order valence-electron chi connectivity index (χ4n) is 4.03. The van der Waals surface area contributed by atoms with Crippen molar-refractivity contribution in [3.63, 3.8) is 0 Å². The molecule has 0 aromatic carbocycles. The first-order valence-corrected chi connectivity index (χ1v) is 12.4. The third-order valence-electron chi connectivity index (χ3n) is 5.85. The van der Waals surface area contributed by atoms with Gasteiger partial charge in [0.1, 0.15) is 12.4 Å². The molecule has 0 N–H and O–H groups in total. The van der Waals surface area contributed by atoms with Crippen LogP contribution in [-0.4, -0.2) is 4.57 Å². The molecule has 0 aliphatic heterocycles. The van der Waals surface area contributed by atoms with E-state index in [9.17, 15) is 0 Å². The fraction of sp³-hybridized carbons (Fsp3) is 0.880. The Bertz CT molecular complexity index is 436. The summed E-state index contributed by atoms with van der Waals surface area (Å²) in [5, 5.41) is 0. The van der Waals surface area contributed by atoms with Crippen LogP contribution >= 0.6 is 0 Å². The first kappa shape index (κ1) is 24.2. The Morgan fingerprint density at radius 1 is 0.630 bits per heavy atom. The summed E-state index contributed by atoms with van der Waals surface area (Å²) in [4.78, 5) is 0. The molecule has 0 spiro atoms.